The van der Waals surface area contributed by atoms with E-state index < -0.39 is 0 Å². The summed E-state index contributed by atoms with van der Waals surface area (Å²) in [4.78, 5) is 4.78. The van der Waals surface area contributed by atoms with Crippen LogP contribution in [-0.4, -0.2) is 72.7 Å². The molecule has 0 radical (unpaired) electrons. The number of benzene rings is 1. The molecule has 0 N–H and O–H groups in total. The van der Waals surface area contributed by atoms with Crippen molar-refractivity contribution in [3.8, 4) is 0 Å². The molecular formula is C23H30N4O3. The molecule has 0 bridgehead atoms. The maximum atomic E-state index is 6.28. The predicted octanol–water partition coefficient (Wildman–Crippen LogP) is 2.80. The number of nitrogens with zero attached hydrogens (tertiary/aromatic N) is 4. The normalized spacial score (nSPS) is 29.5. The number of aromatic nitrogens is 2. The number of anilines is 1. The molecule has 6 rings (SSSR count). The van der Waals surface area contributed by atoms with Gasteiger partial charge < -0.3 is 18.8 Å². The second-order valence-corrected chi connectivity index (χ2v) is 9.43. The molecule has 1 aromatic heterocycles. The van der Waals surface area contributed by atoms with E-state index in [2.05, 4.69) is 44.3 Å². The van der Waals surface area contributed by atoms with Crippen molar-refractivity contribution in [3.63, 3.8) is 0 Å². The van der Waals surface area contributed by atoms with Crippen LogP contribution >= 0.6 is 0 Å². The van der Waals surface area contributed by atoms with Crippen LogP contribution in [0.2, 0.25) is 0 Å². The molecule has 5 heterocycles. The maximum Gasteiger partial charge on any atom is 0.318 e. The lowest BCUT2D eigenvalue weighted by atomic mass is 9.81. The summed E-state index contributed by atoms with van der Waals surface area (Å²) in [5.74, 6) is 1.26. The molecule has 1 aromatic carbocycles. The standard InChI is InChI=1S/C23H30N4O3/c1-2-4-21(18-7-10-28-12-18)20(3-1)17-5-8-26(9-6-17)19-11-23(30-13-19)14-27(15-23)22-25-24-16-29-22/h1-4,16-19H,5-15H2/t18-,19+/m1/s1. The van der Waals surface area contributed by atoms with Gasteiger partial charge >= 0.3 is 6.01 Å². The lowest BCUT2D eigenvalue weighted by Crippen LogP contribution is -2.62. The average molecular weight is 411 g/mol. The van der Waals surface area contributed by atoms with Crippen LogP contribution < -0.4 is 4.90 Å². The first kappa shape index (κ1) is 18.8. The van der Waals surface area contributed by atoms with Gasteiger partial charge in [-0.2, -0.15) is 0 Å². The Morgan fingerprint density at radius 3 is 2.47 bits per heavy atom. The third kappa shape index (κ3) is 3.33. The van der Waals surface area contributed by atoms with E-state index in [1.807, 2.05) is 0 Å². The number of hydrogen-bond donors (Lipinski definition) is 0. The number of piperidine rings is 1. The lowest BCUT2D eigenvalue weighted by molar-refractivity contribution is -0.0216. The van der Waals surface area contributed by atoms with Gasteiger partial charge in [-0.3, -0.25) is 4.90 Å². The largest absolute Gasteiger partial charge is 0.411 e. The monoisotopic (exact) mass is 410 g/mol. The van der Waals surface area contributed by atoms with Gasteiger partial charge in [0.05, 0.1) is 26.3 Å². The molecule has 0 saturated carbocycles. The zero-order valence-electron chi connectivity index (χ0n) is 17.4. The van der Waals surface area contributed by atoms with E-state index in [-0.39, 0.29) is 5.60 Å². The third-order valence-electron chi connectivity index (χ3n) is 7.62. The second kappa shape index (κ2) is 7.62. The van der Waals surface area contributed by atoms with Gasteiger partial charge in [0.25, 0.3) is 0 Å². The smallest absolute Gasteiger partial charge is 0.318 e. The molecule has 0 amide bonds. The molecule has 4 fully saturated rings. The van der Waals surface area contributed by atoms with Crippen LogP contribution in [0.1, 0.15) is 48.6 Å². The van der Waals surface area contributed by atoms with Crippen LogP contribution in [0.15, 0.2) is 35.1 Å². The molecule has 7 heteroatoms. The van der Waals surface area contributed by atoms with Crippen LogP contribution in [0.5, 0.6) is 0 Å². The summed E-state index contributed by atoms with van der Waals surface area (Å²) in [6, 6.07) is 10.2. The Hall–Kier alpha value is -1.96. The molecule has 2 atom stereocenters. The van der Waals surface area contributed by atoms with Crippen molar-refractivity contribution in [2.45, 2.75) is 49.2 Å². The zero-order chi connectivity index (χ0) is 20.0. The lowest BCUT2D eigenvalue weighted by Gasteiger charge is -2.46. The van der Waals surface area contributed by atoms with Crippen LogP contribution in [0.25, 0.3) is 0 Å². The predicted molar refractivity (Wildman–Crippen MR) is 112 cm³/mol. The summed E-state index contributed by atoms with van der Waals surface area (Å²) in [5.41, 5.74) is 3.08. The summed E-state index contributed by atoms with van der Waals surface area (Å²) >= 11 is 0. The molecule has 4 saturated heterocycles. The summed E-state index contributed by atoms with van der Waals surface area (Å²) in [6.07, 6.45) is 6.14. The molecule has 0 aliphatic carbocycles. The average Bonchev–Trinajstić information content (AvgIpc) is 3.54. The molecular weight excluding hydrogens is 380 g/mol. The molecule has 7 nitrogen and oxygen atoms in total. The highest BCUT2D eigenvalue weighted by Crippen LogP contribution is 2.41. The maximum absolute atomic E-state index is 6.28. The summed E-state index contributed by atoms with van der Waals surface area (Å²) in [5, 5.41) is 7.79. The highest BCUT2D eigenvalue weighted by atomic mass is 16.5. The highest BCUT2D eigenvalue weighted by Gasteiger charge is 2.52. The number of likely N-dealkylation sites (tertiary alicyclic amines) is 1. The van der Waals surface area contributed by atoms with Crippen molar-refractivity contribution in [1.82, 2.24) is 15.1 Å². The van der Waals surface area contributed by atoms with E-state index in [0.717, 1.165) is 58.8 Å². The quantitative estimate of drug-likeness (QED) is 0.768. The molecule has 2 aromatic rings. The fourth-order valence-corrected chi connectivity index (χ4v) is 5.97. The Kier molecular flexibility index (Phi) is 4.77. The zero-order valence-corrected chi connectivity index (χ0v) is 17.4. The van der Waals surface area contributed by atoms with E-state index in [1.54, 1.807) is 5.56 Å². The Bertz CT molecular complexity index is 853. The molecule has 4 aliphatic heterocycles. The van der Waals surface area contributed by atoms with Crippen LogP contribution in [0, 0.1) is 0 Å². The molecule has 160 valence electrons. The minimum atomic E-state index is -0.0228. The van der Waals surface area contributed by atoms with Gasteiger partial charge in [-0.1, -0.05) is 29.4 Å². The van der Waals surface area contributed by atoms with Crippen LogP contribution in [0.3, 0.4) is 0 Å². The van der Waals surface area contributed by atoms with Crippen molar-refractivity contribution >= 4 is 6.01 Å². The SMILES string of the molecule is c1ccc([C@@H]2CCOC2)c(C2CCN([C@@H]3COC4(C3)CN(c3nnco3)C4)CC2)c1. The van der Waals surface area contributed by atoms with Crippen LogP contribution in [0.4, 0.5) is 6.01 Å². The third-order valence-corrected chi connectivity index (χ3v) is 7.62. The van der Waals surface area contributed by atoms with E-state index in [0.29, 0.717) is 23.9 Å². The van der Waals surface area contributed by atoms with Gasteiger partial charge in [-0.05, 0) is 55.8 Å². The van der Waals surface area contributed by atoms with Crippen molar-refractivity contribution < 1.29 is 13.9 Å². The Morgan fingerprint density at radius 1 is 0.967 bits per heavy atom. The number of hydrogen-bond acceptors (Lipinski definition) is 7. The highest BCUT2D eigenvalue weighted by molar-refractivity contribution is 5.35. The van der Waals surface area contributed by atoms with E-state index in [4.69, 9.17) is 13.9 Å². The van der Waals surface area contributed by atoms with Crippen LogP contribution in [-0.2, 0) is 9.47 Å². The topological polar surface area (TPSA) is 63.9 Å². The fraction of sp³-hybridized carbons (Fsp3) is 0.652. The summed E-state index contributed by atoms with van der Waals surface area (Å²) in [7, 11) is 0. The first-order valence-corrected chi connectivity index (χ1v) is 11.4. The number of rotatable bonds is 4. The molecule has 30 heavy (non-hydrogen) atoms. The summed E-state index contributed by atoms with van der Waals surface area (Å²) in [6.45, 7) is 6.69. The Balaban J connectivity index is 1.05. The molecule has 4 aliphatic rings. The fourth-order valence-electron chi connectivity index (χ4n) is 5.97. The van der Waals surface area contributed by atoms with Crippen molar-refractivity contribution in [2.75, 3.05) is 50.9 Å². The minimum Gasteiger partial charge on any atom is -0.411 e. The molecule has 0 unspecified atom stereocenters. The first-order chi connectivity index (χ1) is 14.8. The second-order valence-electron chi connectivity index (χ2n) is 9.43. The van der Waals surface area contributed by atoms with Gasteiger partial charge in [0.1, 0.15) is 5.60 Å². The summed E-state index contributed by atoms with van der Waals surface area (Å²) < 4.78 is 17.3. The molecule has 1 spiro atoms. The van der Waals surface area contributed by atoms with Gasteiger partial charge in [0, 0.05) is 18.6 Å². The van der Waals surface area contributed by atoms with E-state index in [9.17, 15) is 0 Å². The van der Waals surface area contributed by atoms with Gasteiger partial charge in [-0.25, -0.2) is 0 Å². The van der Waals surface area contributed by atoms with E-state index in [1.165, 1.54) is 24.8 Å². The van der Waals surface area contributed by atoms with Gasteiger partial charge in [0.2, 0.25) is 6.39 Å². The van der Waals surface area contributed by atoms with Crippen molar-refractivity contribution in [1.29, 1.82) is 0 Å². The van der Waals surface area contributed by atoms with Gasteiger partial charge in [0.15, 0.2) is 0 Å². The first-order valence-electron chi connectivity index (χ1n) is 11.4. The Labute approximate surface area is 177 Å². The van der Waals surface area contributed by atoms with Crippen molar-refractivity contribution in [2.24, 2.45) is 0 Å². The van der Waals surface area contributed by atoms with E-state index >= 15 is 0 Å². The Morgan fingerprint density at radius 2 is 1.77 bits per heavy atom. The number of ether oxygens (including phenoxy) is 2. The van der Waals surface area contributed by atoms with Gasteiger partial charge in [-0.15, -0.1) is 5.10 Å². The van der Waals surface area contributed by atoms with Crippen molar-refractivity contribution in [3.05, 3.63) is 41.8 Å². The minimum absolute atomic E-state index is 0.0228.